The highest BCUT2D eigenvalue weighted by molar-refractivity contribution is 7.47. The van der Waals surface area contributed by atoms with Crippen LogP contribution >= 0.6 is 7.82 Å². The quantitative estimate of drug-likeness (QED) is 0.129. The zero-order valence-electron chi connectivity index (χ0n) is 23.0. The Hall–Kier alpha value is -2.70. The topological polar surface area (TPSA) is 102 Å². The molecule has 2 aliphatic carbocycles. The maximum Gasteiger partial charge on any atom is 0.472 e. The van der Waals surface area contributed by atoms with Crippen LogP contribution in [0.3, 0.4) is 0 Å². The summed E-state index contributed by atoms with van der Waals surface area (Å²) in [5.74, 6) is -0.439. The maximum atomic E-state index is 13.2. The van der Waals surface area contributed by atoms with Crippen LogP contribution in [0.2, 0.25) is 0 Å². The van der Waals surface area contributed by atoms with Crippen molar-refractivity contribution in [1.29, 1.82) is 0 Å². The zero-order chi connectivity index (χ0) is 28.2. The van der Waals surface area contributed by atoms with Gasteiger partial charge in [0.1, 0.15) is 11.5 Å². The molecule has 1 saturated carbocycles. The molecule has 2 aliphatic rings. The summed E-state index contributed by atoms with van der Waals surface area (Å²) in [6.07, 6.45) is 5.59. The Labute approximate surface area is 231 Å². The number of carbonyl (C=O) groups is 1. The molecule has 0 aliphatic heterocycles. The number of hydrogen-bond acceptors (Lipinski definition) is 6. The predicted octanol–water partition coefficient (Wildman–Crippen LogP) is 7.38. The average molecular weight is 555 g/mol. The fraction of sp³-hybridized carbons (Fsp3) is 0.452. The molecule has 7 nitrogen and oxygen atoms in total. The molecule has 0 radical (unpaired) electrons. The Morgan fingerprint density at radius 2 is 1.87 bits per heavy atom. The van der Waals surface area contributed by atoms with E-state index in [0.29, 0.717) is 11.3 Å². The molecule has 2 aromatic carbocycles. The van der Waals surface area contributed by atoms with E-state index in [1.54, 1.807) is 18.2 Å². The Kier molecular flexibility index (Phi) is 9.50. The number of phosphoric ester groups is 1. The number of allylic oxidation sites excluding steroid dienone is 3. The first-order chi connectivity index (χ1) is 18.6. The van der Waals surface area contributed by atoms with E-state index in [1.165, 1.54) is 5.57 Å². The first-order valence-electron chi connectivity index (χ1n) is 13.7. The molecule has 0 aromatic heterocycles. The van der Waals surface area contributed by atoms with Gasteiger partial charge in [0.15, 0.2) is 0 Å². The third-order valence-corrected chi connectivity index (χ3v) is 8.61. The molecular formula is C31H39O7P. The van der Waals surface area contributed by atoms with Crippen LogP contribution in [0.4, 0.5) is 0 Å². The summed E-state index contributed by atoms with van der Waals surface area (Å²) >= 11 is 0. The molecule has 210 valence electrons. The van der Waals surface area contributed by atoms with E-state index < -0.39 is 25.8 Å². The molecule has 39 heavy (non-hydrogen) atoms. The fourth-order valence-electron chi connectivity index (χ4n) is 5.41. The second-order valence-electron chi connectivity index (χ2n) is 10.9. The number of aromatic hydroxyl groups is 1. The van der Waals surface area contributed by atoms with Crippen molar-refractivity contribution in [3.8, 4) is 11.5 Å². The molecule has 0 amide bonds. The van der Waals surface area contributed by atoms with Gasteiger partial charge in [0.2, 0.25) is 0 Å². The number of esters is 1. The van der Waals surface area contributed by atoms with E-state index in [1.807, 2.05) is 31.2 Å². The van der Waals surface area contributed by atoms with E-state index >= 15 is 0 Å². The molecular weight excluding hydrogens is 515 g/mol. The Bertz CT molecular complexity index is 1260. The number of benzene rings is 2. The van der Waals surface area contributed by atoms with Crippen LogP contribution in [0.5, 0.6) is 11.5 Å². The van der Waals surface area contributed by atoms with Gasteiger partial charge < -0.3 is 14.7 Å². The minimum Gasteiger partial charge on any atom is -0.507 e. The van der Waals surface area contributed by atoms with Gasteiger partial charge in [-0.25, -0.2) is 4.57 Å². The highest BCUT2D eigenvalue weighted by Crippen LogP contribution is 2.51. The predicted molar refractivity (Wildman–Crippen MR) is 150 cm³/mol. The second-order valence-corrected chi connectivity index (χ2v) is 12.3. The summed E-state index contributed by atoms with van der Waals surface area (Å²) in [6, 6.07) is 12.7. The Morgan fingerprint density at radius 3 is 2.54 bits per heavy atom. The minimum absolute atomic E-state index is 0.0482. The lowest BCUT2D eigenvalue weighted by atomic mass is 9.73. The van der Waals surface area contributed by atoms with Crippen LogP contribution in [-0.2, 0) is 31.4 Å². The van der Waals surface area contributed by atoms with Crippen molar-refractivity contribution in [1.82, 2.24) is 0 Å². The first-order valence-corrected chi connectivity index (χ1v) is 15.2. The van der Waals surface area contributed by atoms with Gasteiger partial charge in [-0.15, -0.1) is 0 Å². The van der Waals surface area contributed by atoms with Crippen LogP contribution in [0, 0.1) is 11.8 Å². The van der Waals surface area contributed by atoms with Crippen molar-refractivity contribution < 1.29 is 33.1 Å². The Morgan fingerprint density at radius 1 is 1.15 bits per heavy atom. The van der Waals surface area contributed by atoms with Gasteiger partial charge in [0.25, 0.3) is 0 Å². The summed E-state index contributed by atoms with van der Waals surface area (Å²) in [7, 11) is -4.27. The molecule has 0 saturated heterocycles. The lowest BCUT2D eigenvalue weighted by Crippen LogP contribution is -2.38. The molecule has 0 spiro atoms. The van der Waals surface area contributed by atoms with E-state index in [2.05, 4.69) is 26.5 Å². The lowest BCUT2D eigenvalue weighted by molar-refractivity contribution is -0.145. The number of phosphoric acid groups is 1. The SMILES string of the molecule is C=C(C)[C@@H]1CCC(C)=C[C@H]1c1c(O)cc(CCC)cc1OC(=O)C1CC(OP(=O)(O)OCc2ccccc2)C1. The highest BCUT2D eigenvalue weighted by Gasteiger charge is 2.41. The van der Waals surface area contributed by atoms with Gasteiger partial charge in [0, 0.05) is 11.5 Å². The van der Waals surface area contributed by atoms with Gasteiger partial charge in [-0.3, -0.25) is 13.8 Å². The highest BCUT2D eigenvalue weighted by atomic mass is 31.2. The number of phenolic OH excluding ortho intramolecular Hbond substituents is 1. The van der Waals surface area contributed by atoms with Crippen molar-refractivity contribution in [2.75, 3.05) is 0 Å². The fourth-order valence-corrected chi connectivity index (χ4v) is 6.33. The van der Waals surface area contributed by atoms with Crippen LogP contribution < -0.4 is 4.74 Å². The summed E-state index contributed by atoms with van der Waals surface area (Å²) in [6.45, 7) is 10.3. The Balaban J connectivity index is 1.44. The van der Waals surface area contributed by atoms with Crippen molar-refractivity contribution in [3.05, 3.63) is 83.0 Å². The standard InChI is InChI=1S/C31H39O7P/c1-5-9-23-15-28(32)30(27-14-21(4)12-13-26(27)20(2)3)29(16-23)37-31(33)24-17-25(18-24)38-39(34,35)36-19-22-10-7-6-8-11-22/h6-8,10-11,14-16,24-27,32H,2,5,9,12-13,17-19H2,1,3-4H3,(H,34,35)/t24?,25?,26-,27+/m0/s1. The lowest BCUT2D eigenvalue weighted by Gasteiger charge is -2.35. The summed E-state index contributed by atoms with van der Waals surface area (Å²) < 4.78 is 28.7. The first kappa shape index (κ1) is 29.3. The average Bonchev–Trinajstić information content (AvgIpc) is 2.85. The summed E-state index contributed by atoms with van der Waals surface area (Å²) in [5.41, 5.74) is 4.52. The normalized spacial score (nSPS) is 24.3. The van der Waals surface area contributed by atoms with E-state index in [9.17, 15) is 19.4 Å². The molecule has 2 aromatic rings. The monoisotopic (exact) mass is 554 g/mol. The zero-order valence-corrected chi connectivity index (χ0v) is 23.9. The molecule has 3 atom stereocenters. The van der Waals surface area contributed by atoms with Gasteiger partial charge >= 0.3 is 13.8 Å². The van der Waals surface area contributed by atoms with Gasteiger partial charge in [-0.2, -0.15) is 0 Å². The third-order valence-electron chi connectivity index (χ3n) is 7.59. The van der Waals surface area contributed by atoms with Gasteiger partial charge in [0.05, 0.1) is 18.6 Å². The van der Waals surface area contributed by atoms with Crippen LogP contribution in [0.15, 0.2) is 66.3 Å². The van der Waals surface area contributed by atoms with Crippen molar-refractivity contribution in [3.63, 3.8) is 0 Å². The molecule has 1 fully saturated rings. The third kappa shape index (κ3) is 7.49. The van der Waals surface area contributed by atoms with E-state index in [-0.39, 0.29) is 37.0 Å². The summed E-state index contributed by atoms with van der Waals surface area (Å²) in [5, 5.41) is 11.1. The number of hydrogen-bond donors (Lipinski definition) is 2. The van der Waals surface area contributed by atoms with E-state index in [0.717, 1.165) is 42.4 Å². The smallest absolute Gasteiger partial charge is 0.472 e. The number of carbonyl (C=O) groups excluding carboxylic acids is 1. The van der Waals surface area contributed by atoms with E-state index in [4.69, 9.17) is 13.8 Å². The molecule has 0 heterocycles. The number of rotatable bonds is 11. The second kappa shape index (κ2) is 12.6. The minimum atomic E-state index is -4.27. The van der Waals surface area contributed by atoms with Crippen molar-refractivity contribution in [2.45, 2.75) is 77.9 Å². The maximum absolute atomic E-state index is 13.2. The molecule has 0 bridgehead atoms. The molecule has 2 N–H and O–H groups in total. The molecule has 1 unspecified atom stereocenters. The van der Waals surface area contributed by atoms with Crippen LogP contribution in [0.1, 0.15) is 75.5 Å². The van der Waals surface area contributed by atoms with Gasteiger partial charge in [-0.1, -0.05) is 67.5 Å². The number of aryl methyl sites for hydroxylation is 1. The number of phenols is 1. The summed E-state index contributed by atoms with van der Waals surface area (Å²) in [4.78, 5) is 23.3. The van der Waals surface area contributed by atoms with Crippen LogP contribution in [0.25, 0.3) is 0 Å². The van der Waals surface area contributed by atoms with Gasteiger partial charge in [-0.05, 0) is 75.1 Å². The number of ether oxygens (including phenoxy) is 1. The van der Waals surface area contributed by atoms with Crippen molar-refractivity contribution >= 4 is 13.8 Å². The largest absolute Gasteiger partial charge is 0.507 e. The molecule has 8 heteroatoms. The van der Waals surface area contributed by atoms with Crippen molar-refractivity contribution in [2.24, 2.45) is 11.8 Å². The van der Waals surface area contributed by atoms with Crippen LogP contribution in [-0.4, -0.2) is 22.1 Å². The molecule has 4 rings (SSSR count).